The zero-order valence-corrected chi connectivity index (χ0v) is 13.5. The topological polar surface area (TPSA) is 26.0 Å². The van der Waals surface area contributed by atoms with Crippen LogP contribution in [-0.2, 0) is 5.75 Å². The standard InChI is InChI=1S/C15H23NOS2/c1-3-4-8-18-15-16-10-13(17-15)11-19-14-7-5-6-12(2)9-14/h9-10,14H,3-8,11H2,1-2H3. The summed E-state index contributed by atoms with van der Waals surface area (Å²) in [5.74, 6) is 3.06. The van der Waals surface area contributed by atoms with Crippen LogP contribution in [0.3, 0.4) is 0 Å². The highest BCUT2D eigenvalue weighted by molar-refractivity contribution is 7.99. The van der Waals surface area contributed by atoms with E-state index in [9.17, 15) is 0 Å². The van der Waals surface area contributed by atoms with Gasteiger partial charge in [0.2, 0.25) is 0 Å². The largest absolute Gasteiger partial charge is 0.436 e. The number of thioether (sulfide) groups is 2. The van der Waals surface area contributed by atoms with Crippen LogP contribution in [0.5, 0.6) is 0 Å². The molecule has 1 aliphatic carbocycles. The van der Waals surface area contributed by atoms with E-state index < -0.39 is 0 Å². The maximum Gasteiger partial charge on any atom is 0.255 e. The molecule has 0 amide bonds. The number of rotatable bonds is 7. The molecule has 1 unspecified atom stereocenters. The van der Waals surface area contributed by atoms with Crippen LogP contribution < -0.4 is 0 Å². The van der Waals surface area contributed by atoms with Gasteiger partial charge in [-0.25, -0.2) is 4.98 Å². The van der Waals surface area contributed by atoms with Crippen molar-refractivity contribution in [3.05, 3.63) is 23.6 Å². The van der Waals surface area contributed by atoms with E-state index in [4.69, 9.17) is 4.42 Å². The molecule has 19 heavy (non-hydrogen) atoms. The van der Waals surface area contributed by atoms with Gasteiger partial charge in [0.25, 0.3) is 5.22 Å². The average molecular weight is 297 g/mol. The Hall–Kier alpha value is -0.350. The second-order valence-corrected chi connectivity index (χ2v) is 7.32. The molecule has 0 saturated carbocycles. The highest BCUT2D eigenvalue weighted by Gasteiger charge is 2.13. The first-order valence-corrected chi connectivity index (χ1v) is 9.17. The maximum absolute atomic E-state index is 5.76. The van der Waals surface area contributed by atoms with Crippen LogP contribution in [0.1, 0.15) is 51.7 Å². The first-order chi connectivity index (χ1) is 9.28. The lowest BCUT2D eigenvalue weighted by atomic mass is 10.0. The Bertz CT molecular complexity index is 414. The molecule has 0 aliphatic heterocycles. The summed E-state index contributed by atoms with van der Waals surface area (Å²) < 4.78 is 5.76. The highest BCUT2D eigenvalue weighted by atomic mass is 32.2. The molecule has 4 heteroatoms. The number of hydrogen-bond acceptors (Lipinski definition) is 4. The lowest BCUT2D eigenvalue weighted by molar-refractivity contribution is 0.428. The van der Waals surface area contributed by atoms with Gasteiger partial charge in [-0.1, -0.05) is 36.8 Å². The summed E-state index contributed by atoms with van der Waals surface area (Å²) >= 11 is 3.71. The van der Waals surface area contributed by atoms with Gasteiger partial charge in [-0.05, 0) is 32.6 Å². The normalized spacial score (nSPS) is 19.5. The molecule has 0 N–H and O–H groups in total. The van der Waals surface area contributed by atoms with E-state index in [1.165, 1.54) is 37.7 Å². The minimum Gasteiger partial charge on any atom is -0.436 e. The van der Waals surface area contributed by atoms with E-state index in [1.54, 1.807) is 11.8 Å². The maximum atomic E-state index is 5.76. The van der Waals surface area contributed by atoms with Crippen LogP contribution in [0.15, 0.2) is 27.5 Å². The van der Waals surface area contributed by atoms with Crippen molar-refractivity contribution in [1.29, 1.82) is 0 Å². The molecule has 0 radical (unpaired) electrons. The number of allylic oxidation sites excluding steroid dienone is 1. The van der Waals surface area contributed by atoms with E-state index in [0.29, 0.717) is 5.25 Å². The SMILES string of the molecule is CCCCSc1ncc(CSC2C=C(C)CCC2)o1. The average Bonchev–Trinajstić information content (AvgIpc) is 2.85. The van der Waals surface area contributed by atoms with Gasteiger partial charge in [0.15, 0.2) is 0 Å². The van der Waals surface area contributed by atoms with E-state index in [0.717, 1.165) is 22.5 Å². The lowest BCUT2D eigenvalue weighted by Crippen LogP contribution is -2.05. The van der Waals surface area contributed by atoms with Crippen molar-refractivity contribution in [2.75, 3.05) is 5.75 Å². The summed E-state index contributed by atoms with van der Waals surface area (Å²) in [6.45, 7) is 4.45. The molecule has 0 spiro atoms. The summed E-state index contributed by atoms with van der Waals surface area (Å²) in [4.78, 5) is 4.33. The molecule has 0 bridgehead atoms. The monoisotopic (exact) mass is 297 g/mol. The van der Waals surface area contributed by atoms with E-state index in [-0.39, 0.29) is 0 Å². The molecule has 0 fully saturated rings. The summed E-state index contributed by atoms with van der Waals surface area (Å²) in [5, 5.41) is 1.49. The first-order valence-electron chi connectivity index (χ1n) is 7.14. The quantitative estimate of drug-likeness (QED) is 0.387. The lowest BCUT2D eigenvalue weighted by Gasteiger charge is -2.18. The Labute approximate surface area is 124 Å². The second-order valence-electron chi connectivity index (χ2n) is 5.05. The fourth-order valence-electron chi connectivity index (χ4n) is 2.11. The Morgan fingerprint density at radius 1 is 1.47 bits per heavy atom. The molecule has 2 nitrogen and oxygen atoms in total. The van der Waals surface area contributed by atoms with Crippen molar-refractivity contribution in [3.8, 4) is 0 Å². The van der Waals surface area contributed by atoms with Crippen LogP contribution in [0.4, 0.5) is 0 Å². The second kappa shape index (κ2) is 8.05. The zero-order chi connectivity index (χ0) is 13.5. The minimum absolute atomic E-state index is 0.662. The molecule has 1 aromatic rings. The molecule has 1 heterocycles. The summed E-state index contributed by atoms with van der Waals surface area (Å²) in [7, 11) is 0. The number of oxazole rings is 1. The molecule has 106 valence electrons. The number of unbranched alkanes of at least 4 members (excludes halogenated alkanes) is 1. The van der Waals surface area contributed by atoms with E-state index in [1.807, 2.05) is 18.0 Å². The Kier molecular flexibility index (Phi) is 6.38. The van der Waals surface area contributed by atoms with Gasteiger partial charge in [-0.2, -0.15) is 0 Å². The molecule has 2 rings (SSSR count). The minimum atomic E-state index is 0.662. The highest BCUT2D eigenvalue weighted by Crippen LogP contribution is 2.30. The predicted molar refractivity (Wildman–Crippen MR) is 84.8 cm³/mol. The number of nitrogens with zero attached hydrogens (tertiary/aromatic N) is 1. The molecular weight excluding hydrogens is 274 g/mol. The Morgan fingerprint density at radius 3 is 3.16 bits per heavy atom. The van der Waals surface area contributed by atoms with Crippen molar-refractivity contribution in [2.24, 2.45) is 0 Å². The van der Waals surface area contributed by atoms with Crippen molar-refractivity contribution < 1.29 is 4.42 Å². The van der Waals surface area contributed by atoms with Gasteiger partial charge in [0.05, 0.1) is 11.9 Å². The van der Waals surface area contributed by atoms with Crippen LogP contribution in [0.25, 0.3) is 0 Å². The third-order valence-electron chi connectivity index (χ3n) is 3.23. The summed E-state index contributed by atoms with van der Waals surface area (Å²) in [6, 6.07) is 0. The predicted octanol–water partition coefficient (Wildman–Crippen LogP) is 5.30. The fraction of sp³-hybridized carbons (Fsp3) is 0.667. The van der Waals surface area contributed by atoms with Crippen molar-refractivity contribution in [2.45, 2.75) is 62.2 Å². The molecule has 1 atom stereocenters. The molecular formula is C15H23NOS2. The van der Waals surface area contributed by atoms with Crippen LogP contribution in [0, 0.1) is 0 Å². The molecule has 0 saturated heterocycles. The third-order valence-corrected chi connectivity index (χ3v) is 5.41. The van der Waals surface area contributed by atoms with Crippen LogP contribution >= 0.6 is 23.5 Å². The molecule has 0 aromatic carbocycles. The van der Waals surface area contributed by atoms with Gasteiger partial charge >= 0.3 is 0 Å². The molecule has 1 aliphatic rings. The van der Waals surface area contributed by atoms with Gasteiger partial charge in [-0.3, -0.25) is 0 Å². The third kappa shape index (κ3) is 5.27. The number of aromatic nitrogens is 1. The van der Waals surface area contributed by atoms with Crippen molar-refractivity contribution in [3.63, 3.8) is 0 Å². The smallest absolute Gasteiger partial charge is 0.255 e. The Balaban J connectivity index is 1.75. The zero-order valence-electron chi connectivity index (χ0n) is 11.9. The molecule has 1 aromatic heterocycles. The van der Waals surface area contributed by atoms with Gasteiger partial charge < -0.3 is 4.42 Å². The van der Waals surface area contributed by atoms with Crippen molar-refractivity contribution >= 4 is 23.5 Å². The van der Waals surface area contributed by atoms with E-state index in [2.05, 4.69) is 24.9 Å². The number of hydrogen-bond donors (Lipinski definition) is 0. The first kappa shape index (κ1) is 15.0. The summed E-state index contributed by atoms with van der Waals surface area (Å²) in [6.07, 6.45) is 10.7. The fourth-order valence-corrected chi connectivity index (χ4v) is 4.19. The van der Waals surface area contributed by atoms with Gasteiger partial charge in [-0.15, -0.1) is 11.8 Å². The summed E-state index contributed by atoms with van der Waals surface area (Å²) in [5.41, 5.74) is 1.54. The Morgan fingerprint density at radius 2 is 2.37 bits per heavy atom. The van der Waals surface area contributed by atoms with Crippen LogP contribution in [0.2, 0.25) is 0 Å². The van der Waals surface area contributed by atoms with Crippen LogP contribution in [-0.4, -0.2) is 16.0 Å². The van der Waals surface area contributed by atoms with Gasteiger partial charge in [0, 0.05) is 11.0 Å². The van der Waals surface area contributed by atoms with Gasteiger partial charge in [0.1, 0.15) is 5.76 Å². The van der Waals surface area contributed by atoms with E-state index >= 15 is 0 Å². The van der Waals surface area contributed by atoms with Crippen molar-refractivity contribution in [1.82, 2.24) is 4.98 Å².